The molecule has 128 valence electrons. The number of ether oxygens (including phenoxy) is 1. The normalized spacial score (nSPS) is 16.2. The van der Waals surface area contributed by atoms with Crippen LogP contribution in [0, 0.1) is 0 Å². The Morgan fingerprint density at radius 1 is 0.833 bits per heavy atom. The molecule has 1 saturated heterocycles. The van der Waals surface area contributed by atoms with Crippen LogP contribution < -0.4 is 4.74 Å². The van der Waals surface area contributed by atoms with Gasteiger partial charge in [-0.15, -0.1) is 0 Å². The highest BCUT2D eigenvalue weighted by Gasteiger charge is 2.18. The first-order valence-corrected chi connectivity index (χ1v) is 8.54. The molecule has 0 spiro atoms. The summed E-state index contributed by atoms with van der Waals surface area (Å²) < 4.78 is 5.45. The van der Waals surface area contributed by atoms with Gasteiger partial charge in [-0.1, -0.05) is 42.5 Å². The molecule has 0 radical (unpaired) electrons. The highest BCUT2D eigenvalue weighted by molar-refractivity contribution is 5.33. The van der Waals surface area contributed by atoms with E-state index >= 15 is 0 Å². The Hall–Kier alpha value is -1.88. The van der Waals surface area contributed by atoms with Crippen molar-refractivity contribution in [3.63, 3.8) is 0 Å². The number of aliphatic hydroxyl groups excluding tert-OH is 1. The zero-order valence-corrected chi connectivity index (χ0v) is 14.3. The lowest BCUT2D eigenvalue weighted by Crippen LogP contribution is -2.45. The van der Waals surface area contributed by atoms with Gasteiger partial charge in [-0.25, -0.2) is 0 Å². The van der Waals surface area contributed by atoms with E-state index in [1.807, 2.05) is 24.3 Å². The average molecular weight is 326 g/mol. The average Bonchev–Trinajstić information content (AvgIpc) is 2.64. The highest BCUT2D eigenvalue weighted by Crippen LogP contribution is 2.20. The Morgan fingerprint density at radius 3 is 2.04 bits per heavy atom. The standard InChI is InChI=1S/C20H26N2O2/c1-24-20-5-3-2-4-19(20)15-22-12-10-21(11-13-22)14-17-6-8-18(16-23)9-7-17/h2-9,23H,10-16H2,1H3. The number of para-hydroxylation sites is 1. The van der Waals surface area contributed by atoms with Crippen LogP contribution in [0.2, 0.25) is 0 Å². The summed E-state index contributed by atoms with van der Waals surface area (Å²) in [6.45, 7) is 6.35. The molecule has 1 heterocycles. The maximum Gasteiger partial charge on any atom is 0.123 e. The molecule has 4 heteroatoms. The molecule has 0 bridgehead atoms. The number of benzene rings is 2. The van der Waals surface area contributed by atoms with Crippen LogP contribution >= 0.6 is 0 Å². The summed E-state index contributed by atoms with van der Waals surface area (Å²) in [6, 6.07) is 16.5. The van der Waals surface area contributed by atoms with Crippen LogP contribution in [0.1, 0.15) is 16.7 Å². The van der Waals surface area contributed by atoms with Gasteiger partial charge in [0.05, 0.1) is 13.7 Å². The van der Waals surface area contributed by atoms with Crippen molar-refractivity contribution in [3.8, 4) is 5.75 Å². The van der Waals surface area contributed by atoms with Crippen LogP contribution in [0.3, 0.4) is 0 Å². The molecule has 0 unspecified atom stereocenters. The summed E-state index contributed by atoms with van der Waals surface area (Å²) in [6.07, 6.45) is 0. The molecule has 0 aromatic heterocycles. The van der Waals surface area contributed by atoms with E-state index in [9.17, 15) is 0 Å². The summed E-state index contributed by atoms with van der Waals surface area (Å²) in [7, 11) is 1.73. The van der Waals surface area contributed by atoms with Crippen LogP contribution in [0.25, 0.3) is 0 Å². The quantitative estimate of drug-likeness (QED) is 0.885. The van der Waals surface area contributed by atoms with E-state index in [0.717, 1.165) is 50.6 Å². The van der Waals surface area contributed by atoms with Crippen molar-refractivity contribution in [3.05, 3.63) is 65.2 Å². The molecule has 1 aliphatic rings. The molecule has 2 aromatic carbocycles. The van der Waals surface area contributed by atoms with Gasteiger partial charge in [0.25, 0.3) is 0 Å². The molecule has 1 N–H and O–H groups in total. The predicted octanol–water partition coefficient (Wildman–Crippen LogP) is 2.51. The fraction of sp³-hybridized carbons (Fsp3) is 0.400. The first kappa shape index (κ1) is 17.0. The van der Waals surface area contributed by atoms with E-state index < -0.39 is 0 Å². The van der Waals surface area contributed by atoms with Gasteiger partial charge >= 0.3 is 0 Å². The Kier molecular flexibility index (Phi) is 5.86. The van der Waals surface area contributed by atoms with Gasteiger partial charge in [0.1, 0.15) is 5.75 Å². The van der Waals surface area contributed by atoms with Crippen molar-refractivity contribution in [2.24, 2.45) is 0 Å². The lowest BCUT2D eigenvalue weighted by atomic mass is 10.1. The van der Waals surface area contributed by atoms with Crippen molar-refractivity contribution in [2.75, 3.05) is 33.3 Å². The summed E-state index contributed by atoms with van der Waals surface area (Å²) in [5.41, 5.74) is 3.54. The molecule has 4 nitrogen and oxygen atoms in total. The minimum absolute atomic E-state index is 0.113. The zero-order chi connectivity index (χ0) is 16.8. The molecule has 0 aliphatic carbocycles. The molecule has 0 saturated carbocycles. The number of hydrogen-bond donors (Lipinski definition) is 1. The summed E-state index contributed by atoms with van der Waals surface area (Å²) in [5, 5.41) is 9.11. The Labute approximate surface area is 144 Å². The molecular formula is C20H26N2O2. The van der Waals surface area contributed by atoms with Crippen LogP contribution in [0.5, 0.6) is 5.75 Å². The topological polar surface area (TPSA) is 35.9 Å². The van der Waals surface area contributed by atoms with Gasteiger partial charge in [-0.3, -0.25) is 9.80 Å². The highest BCUT2D eigenvalue weighted by atomic mass is 16.5. The lowest BCUT2D eigenvalue weighted by molar-refractivity contribution is 0.121. The second-order valence-corrected chi connectivity index (χ2v) is 6.34. The molecule has 0 amide bonds. The van der Waals surface area contributed by atoms with Gasteiger partial charge in [0.15, 0.2) is 0 Å². The van der Waals surface area contributed by atoms with Crippen molar-refractivity contribution in [1.82, 2.24) is 9.80 Å². The second-order valence-electron chi connectivity index (χ2n) is 6.34. The number of piperazine rings is 1. The molecule has 1 fully saturated rings. The van der Waals surface area contributed by atoms with Crippen molar-refractivity contribution >= 4 is 0 Å². The first-order valence-electron chi connectivity index (χ1n) is 8.54. The number of nitrogens with zero attached hydrogens (tertiary/aromatic N) is 2. The van der Waals surface area contributed by atoms with E-state index in [4.69, 9.17) is 9.84 Å². The third kappa shape index (κ3) is 4.35. The molecule has 3 rings (SSSR count). The van der Waals surface area contributed by atoms with E-state index in [-0.39, 0.29) is 6.61 Å². The predicted molar refractivity (Wildman–Crippen MR) is 95.9 cm³/mol. The Bertz CT molecular complexity index is 634. The second kappa shape index (κ2) is 8.29. The smallest absolute Gasteiger partial charge is 0.123 e. The maximum atomic E-state index is 9.11. The number of hydrogen-bond acceptors (Lipinski definition) is 4. The number of aliphatic hydroxyl groups is 1. The molecule has 2 aromatic rings. The SMILES string of the molecule is COc1ccccc1CN1CCN(Cc2ccc(CO)cc2)CC1. The van der Waals surface area contributed by atoms with Crippen LogP contribution in [-0.4, -0.2) is 48.2 Å². The third-order valence-electron chi connectivity index (χ3n) is 4.66. The summed E-state index contributed by atoms with van der Waals surface area (Å²) in [5.74, 6) is 0.976. The van der Waals surface area contributed by atoms with E-state index in [1.165, 1.54) is 11.1 Å². The fourth-order valence-electron chi connectivity index (χ4n) is 3.19. The van der Waals surface area contributed by atoms with Crippen molar-refractivity contribution in [1.29, 1.82) is 0 Å². The minimum Gasteiger partial charge on any atom is -0.496 e. The fourth-order valence-corrected chi connectivity index (χ4v) is 3.19. The minimum atomic E-state index is 0.113. The maximum absolute atomic E-state index is 9.11. The van der Waals surface area contributed by atoms with Crippen LogP contribution in [0.15, 0.2) is 48.5 Å². The molecule has 24 heavy (non-hydrogen) atoms. The summed E-state index contributed by atoms with van der Waals surface area (Å²) >= 11 is 0. The monoisotopic (exact) mass is 326 g/mol. The van der Waals surface area contributed by atoms with Crippen molar-refractivity contribution < 1.29 is 9.84 Å². The lowest BCUT2D eigenvalue weighted by Gasteiger charge is -2.35. The number of rotatable bonds is 6. The first-order chi connectivity index (χ1) is 11.8. The van der Waals surface area contributed by atoms with Crippen LogP contribution in [0.4, 0.5) is 0 Å². The molecular weight excluding hydrogens is 300 g/mol. The van der Waals surface area contributed by atoms with Gasteiger partial charge in [-0.05, 0) is 17.2 Å². The van der Waals surface area contributed by atoms with E-state index in [1.54, 1.807) is 7.11 Å². The molecule has 0 atom stereocenters. The Morgan fingerprint density at radius 2 is 1.42 bits per heavy atom. The van der Waals surface area contributed by atoms with Crippen LogP contribution in [-0.2, 0) is 19.7 Å². The van der Waals surface area contributed by atoms with Gasteiger partial charge in [0.2, 0.25) is 0 Å². The van der Waals surface area contributed by atoms with Gasteiger partial charge in [-0.2, -0.15) is 0 Å². The van der Waals surface area contributed by atoms with E-state index in [0.29, 0.717) is 0 Å². The van der Waals surface area contributed by atoms with E-state index in [2.05, 4.69) is 34.1 Å². The Balaban J connectivity index is 1.50. The summed E-state index contributed by atoms with van der Waals surface area (Å²) in [4.78, 5) is 4.98. The van der Waals surface area contributed by atoms with Crippen molar-refractivity contribution in [2.45, 2.75) is 19.7 Å². The van der Waals surface area contributed by atoms with Gasteiger partial charge in [0, 0.05) is 44.8 Å². The zero-order valence-electron chi connectivity index (χ0n) is 14.3. The van der Waals surface area contributed by atoms with Gasteiger partial charge < -0.3 is 9.84 Å². The number of methoxy groups -OCH3 is 1. The molecule has 1 aliphatic heterocycles. The third-order valence-corrected chi connectivity index (χ3v) is 4.66. The largest absolute Gasteiger partial charge is 0.496 e.